The lowest BCUT2D eigenvalue weighted by atomic mass is 9.72. The Balaban J connectivity index is 1.81. The van der Waals surface area contributed by atoms with Crippen LogP contribution in [0.4, 0.5) is 0 Å². The molecular formula is C18H26N2O3. The number of hydrazone groups is 1. The second-order valence-electron chi connectivity index (χ2n) is 7.03. The zero-order valence-electron chi connectivity index (χ0n) is 14.4. The maximum Gasteiger partial charge on any atom is 0.277 e. The third kappa shape index (κ3) is 5.58. The van der Waals surface area contributed by atoms with Crippen molar-refractivity contribution in [2.45, 2.75) is 40.0 Å². The predicted octanol–water partition coefficient (Wildman–Crippen LogP) is 3.39. The van der Waals surface area contributed by atoms with Crippen LogP contribution in [0.1, 0.15) is 40.0 Å². The Labute approximate surface area is 138 Å². The number of carbonyl (C=O) groups is 1. The number of hydrogen-bond acceptors (Lipinski definition) is 4. The average molecular weight is 318 g/mol. The monoisotopic (exact) mass is 318 g/mol. The van der Waals surface area contributed by atoms with Crippen molar-refractivity contribution < 1.29 is 14.3 Å². The van der Waals surface area contributed by atoms with Gasteiger partial charge in [0, 0.05) is 5.71 Å². The fraction of sp³-hybridized carbons (Fsp3) is 0.556. The molecule has 0 heterocycles. The summed E-state index contributed by atoms with van der Waals surface area (Å²) in [5, 5.41) is 4.29. The molecule has 5 heteroatoms. The summed E-state index contributed by atoms with van der Waals surface area (Å²) in [4.78, 5) is 11.9. The number of nitrogens with zero attached hydrogens (tertiary/aromatic N) is 1. The molecule has 0 saturated heterocycles. The first-order valence-corrected chi connectivity index (χ1v) is 7.99. The first-order chi connectivity index (χ1) is 10.9. The van der Waals surface area contributed by atoms with Crippen molar-refractivity contribution in [1.29, 1.82) is 0 Å². The van der Waals surface area contributed by atoms with Crippen molar-refractivity contribution in [3.8, 4) is 11.5 Å². The SMILES string of the molecule is COc1ccc(OCC(=O)N/N=C2\CC(C)CC(C)(C)C2)cc1. The van der Waals surface area contributed by atoms with Crippen molar-refractivity contribution in [2.24, 2.45) is 16.4 Å². The van der Waals surface area contributed by atoms with Crippen LogP contribution in [0.15, 0.2) is 29.4 Å². The smallest absolute Gasteiger partial charge is 0.277 e. The molecule has 126 valence electrons. The quantitative estimate of drug-likeness (QED) is 0.847. The maximum atomic E-state index is 11.9. The molecule has 1 amide bonds. The Morgan fingerprint density at radius 2 is 1.96 bits per heavy atom. The first-order valence-electron chi connectivity index (χ1n) is 7.99. The molecule has 1 aliphatic rings. The summed E-state index contributed by atoms with van der Waals surface area (Å²) < 4.78 is 10.5. The summed E-state index contributed by atoms with van der Waals surface area (Å²) in [6, 6.07) is 7.12. The van der Waals surface area contributed by atoms with Crippen LogP contribution in [0, 0.1) is 11.3 Å². The molecule has 0 radical (unpaired) electrons. The van der Waals surface area contributed by atoms with Gasteiger partial charge in [0.25, 0.3) is 5.91 Å². The Morgan fingerprint density at radius 3 is 2.57 bits per heavy atom. The number of methoxy groups -OCH3 is 1. The molecule has 1 aromatic rings. The molecule has 0 bridgehead atoms. The van der Waals surface area contributed by atoms with E-state index < -0.39 is 0 Å². The molecule has 1 atom stereocenters. The van der Waals surface area contributed by atoms with Crippen LogP contribution in [0.25, 0.3) is 0 Å². The summed E-state index contributed by atoms with van der Waals surface area (Å²) in [6.07, 6.45) is 3.07. The molecule has 1 N–H and O–H groups in total. The molecule has 1 saturated carbocycles. The minimum absolute atomic E-state index is 0.0535. The van der Waals surface area contributed by atoms with E-state index in [0.717, 1.165) is 24.3 Å². The number of ether oxygens (including phenoxy) is 2. The zero-order chi connectivity index (χ0) is 16.9. The maximum absolute atomic E-state index is 11.9. The number of benzene rings is 1. The van der Waals surface area contributed by atoms with Crippen LogP contribution in [0.5, 0.6) is 11.5 Å². The van der Waals surface area contributed by atoms with Crippen LogP contribution >= 0.6 is 0 Å². The van der Waals surface area contributed by atoms with E-state index in [1.165, 1.54) is 6.42 Å². The van der Waals surface area contributed by atoms with Crippen LogP contribution in [0.3, 0.4) is 0 Å². The topological polar surface area (TPSA) is 59.9 Å². The van der Waals surface area contributed by atoms with Crippen molar-refractivity contribution in [3.63, 3.8) is 0 Å². The van der Waals surface area contributed by atoms with Gasteiger partial charge in [0.1, 0.15) is 11.5 Å². The van der Waals surface area contributed by atoms with Gasteiger partial charge < -0.3 is 9.47 Å². The standard InChI is InChI=1S/C18H26N2O3/c1-13-9-14(11-18(2,3)10-13)19-20-17(21)12-23-16-7-5-15(22-4)6-8-16/h5-8,13H,9-12H2,1-4H3,(H,20,21)/b19-14+. The third-order valence-electron chi connectivity index (χ3n) is 3.94. The molecule has 1 fully saturated rings. The van der Waals surface area contributed by atoms with Crippen LogP contribution in [-0.4, -0.2) is 25.3 Å². The fourth-order valence-corrected chi connectivity index (χ4v) is 3.19. The second kappa shape index (κ2) is 7.49. The Morgan fingerprint density at radius 1 is 1.30 bits per heavy atom. The lowest BCUT2D eigenvalue weighted by Crippen LogP contribution is -2.31. The second-order valence-corrected chi connectivity index (χ2v) is 7.03. The fourth-order valence-electron chi connectivity index (χ4n) is 3.19. The number of carbonyl (C=O) groups excluding carboxylic acids is 1. The van der Waals surface area contributed by atoms with E-state index in [9.17, 15) is 4.79 Å². The molecule has 5 nitrogen and oxygen atoms in total. The highest BCUT2D eigenvalue weighted by atomic mass is 16.5. The Hall–Kier alpha value is -2.04. The van der Waals surface area contributed by atoms with E-state index in [1.807, 2.05) is 0 Å². The highest BCUT2D eigenvalue weighted by Crippen LogP contribution is 2.36. The van der Waals surface area contributed by atoms with E-state index in [2.05, 4.69) is 31.3 Å². The van der Waals surface area contributed by atoms with Gasteiger partial charge in [-0.05, 0) is 54.9 Å². The highest BCUT2D eigenvalue weighted by molar-refractivity contribution is 5.87. The van der Waals surface area contributed by atoms with Gasteiger partial charge in [-0.15, -0.1) is 0 Å². The van der Waals surface area contributed by atoms with Crippen molar-refractivity contribution in [3.05, 3.63) is 24.3 Å². The average Bonchev–Trinajstić information content (AvgIpc) is 2.49. The normalized spacial score (nSPS) is 21.7. The molecular weight excluding hydrogens is 292 g/mol. The van der Waals surface area contributed by atoms with Gasteiger partial charge in [0.2, 0.25) is 0 Å². The van der Waals surface area contributed by atoms with E-state index in [1.54, 1.807) is 31.4 Å². The summed E-state index contributed by atoms with van der Waals surface area (Å²) in [5.74, 6) is 1.73. The number of rotatable bonds is 5. The zero-order valence-corrected chi connectivity index (χ0v) is 14.4. The van der Waals surface area contributed by atoms with Gasteiger partial charge in [-0.1, -0.05) is 20.8 Å². The molecule has 1 aliphatic carbocycles. The Bertz CT molecular complexity index is 564. The van der Waals surface area contributed by atoms with Gasteiger partial charge in [0.15, 0.2) is 6.61 Å². The lowest BCUT2D eigenvalue weighted by molar-refractivity contribution is -0.123. The highest BCUT2D eigenvalue weighted by Gasteiger charge is 2.29. The molecule has 0 aliphatic heterocycles. The number of nitrogens with one attached hydrogen (secondary N) is 1. The van der Waals surface area contributed by atoms with Gasteiger partial charge in [-0.3, -0.25) is 4.79 Å². The van der Waals surface area contributed by atoms with E-state index >= 15 is 0 Å². The van der Waals surface area contributed by atoms with Gasteiger partial charge in [0.05, 0.1) is 7.11 Å². The summed E-state index contributed by atoms with van der Waals surface area (Å²) in [7, 11) is 1.61. The first kappa shape index (κ1) is 17.3. The van der Waals surface area contributed by atoms with Crippen LogP contribution in [-0.2, 0) is 4.79 Å². The van der Waals surface area contributed by atoms with Crippen molar-refractivity contribution in [2.75, 3.05) is 13.7 Å². The minimum Gasteiger partial charge on any atom is -0.497 e. The molecule has 2 rings (SSSR count). The number of hydrogen-bond donors (Lipinski definition) is 1. The van der Waals surface area contributed by atoms with Crippen LogP contribution in [0.2, 0.25) is 0 Å². The van der Waals surface area contributed by atoms with E-state index in [0.29, 0.717) is 11.7 Å². The predicted molar refractivity (Wildman–Crippen MR) is 90.9 cm³/mol. The van der Waals surface area contributed by atoms with Gasteiger partial charge in [-0.2, -0.15) is 5.10 Å². The molecule has 0 spiro atoms. The Kier molecular flexibility index (Phi) is 5.64. The summed E-state index contributed by atoms with van der Waals surface area (Å²) in [5.41, 5.74) is 3.92. The molecule has 1 unspecified atom stereocenters. The van der Waals surface area contributed by atoms with E-state index in [4.69, 9.17) is 9.47 Å². The van der Waals surface area contributed by atoms with Crippen molar-refractivity contribution in [1.82, 2.24) is 5.43 Å². The van der Waals surface area contributed by atoms with Crippen LogP contribution < -0.4 is 14.9 Å². The number of amides is 1. The van der Waals surface area contributed by atoms with E-state index in [-0.39, 0.29) is 17.9 Å². The molecule has 23 heavy (non-hydrogen) atoms. The van der Waals surface area contributed by atoms with Gasteiger partial charge in [-0.25, -0.2) is 5.43 Å². The molecule has 0 aromatic heterocycles. The largest absolute Gasteiger partial charge is 0.497 e. The summed E-state index contributed by atoms with van der Waals surface area (Å²) in [6.45, 7) is 6.66. The van der Waals surface area contributed by atoms with Gasteiger partial charge >= 0.3 is 0 Å². The van der Waals surface area contributed by atoms with Crippen molar-refractivity contribution >= 4 is 11.6 Å². The lowest BCUT2D eigenvalue weighted by Gasteiger charge is -2.34. The molecule has 1 aromatic carbocycles. The summed E-state index contributed by atoms with van der Waals surface area (Å²) >= 11 is 0. The minimum atomic E-state index is -0.246. The third-order valence-corrected chi connectivity index (χ3v) is 3.94.